The van der Waals surface area contributed by atoms with Crippen LogP contribution in [0.25, 0.3) is 28.4 Å². The maximum Gasteiger partial charge on any atom is 0.193 e. The van der Waals surface area contributed by atoms with Crippen LogP contribution in [0.4, 0.5) is 5.69 Å². The molecule has 0 radical (unpaired) electrons. The Bertz CT molecular complexity index is 1530. The lowest BCUT2D eigenvalue weighted by atomic mass is 10.0. The molecular weight excluding hydrogens is 434 g/mol. The molecule has 6 heteroatoms. The minimum absolute atomic E-state index is 0.214. The first kappa shape index (κ1) is 20.9. The number of benzene rings is 3. The second-order valence-electron chi connectivity index (χ2n) is 7.91. The Morgan fingerprint density at radius 2 is 1.88 bits per heavy atom. The zero-order chi connectivity index (χ0) is 22.9. The number of amidine groups is 1. The lowest BCUT2D eigenvalue weighted by Gasteiger charge is -2.12. The van der Waals surface area contributed by atoms with Crippen LogP contribution in [0.3, 0.4) is 0 Å². The van der Waals surface area contributed by atoms with E-state index in [1.807, 2.05) is 54.6 Å². The number of nitrogens with two attached hydrogens (primary N) is 1. The Labute approximate surface area is 195 Å². The van der Waals surface area contributed by atoms with Crippen LogP contribution in [-0.2, 0) is 6.42 Å². The second-order valence-corrected chi connectivity index (χ2v) is 8.35. The number of para-hydroxylation sites is 1. The highest BCUT2D eigenvalue weighted by atomic mass is 35.5. The van der Waals surface area contributed by atoms with Crippen molar-refractivity contribution in [1.82, 2.24) is 0 Å². The molecule has 0 saturated carbocycles. The van der Waals surface area contributed by atoms with E-state index in [-0.39, 0.29) is 16.8 Å². The van der Waals surface area contributed by atoms with Gasteiger partial charge in [-0.25, -0.2) is 0 Å². The Kier molecular flexibility index (Phi) is 5.40. The maximum absolute atomic E-state index is 12.8. The molecule has 3 aromatic carbocycles. The number of nitrogens with zero attached hydrogens (tertiary/aromatic N) is 1. The van der Waals surface area contributed by atoms with Gasteiger partial charge in [0.25, 0.3) is 0 Å². The predicted molar refractivity (Wildman–Crippen MR) is 135 cm³/mol. The first-order valence-corrected chi connectivity index (χ1v) is 10.9. The summed E-state index contributed by atoms with van der Waals surface area (Å²) in [6, 6.07) is 20.4. The molecule has 0 unspecified atom stereocenters. The molecule has 162 valence electrons. The second kappa shape index (κ2) is 8.52. The summed E-state index contributed by atoms with van der Waals surface area (Å²) in [7, 11) is 0. The molecule has 2 heterocycles. The number of allylic oxidation sites excluding steroid dienone is 1. The van der Waals surface area contributed by atoms with Crippen LogP contribution in [-0.4, -0.2) is 11.5 Å². The van der Waals surface area contributed by atoms with E-state index in [4.69, 9.17) is 32.2 Å². The molecule has 1 aromatic heterocycles. The van der Waals surface area contributed by atoms with Gasteiger partial charge in [0.1, 0.15) is 17.2 Å². The summed E-state index contributed by atoms with van der Waals surface area (Å²) in [5.41, 5.74) is 11.0. The zero-order valence-electron chi connectivity index (χ0n) is 17.6. The molecule has 0 fully saturated rings. The molecule has 3 N–H and O–H groups in total. The number of halogens is 1. The van der Waals surface area contributed by atoms with Crippen molar-refractivity contribution >= 4 is 45.9 Å². The van der Waals surface area contributed by atoms with Gasteiger partial charge in [0.15, 0.2) is 5.43 Å². The van der Waals surface area contributed by atoms with Crippen LogP contribution in [0, 0.1) is 5.41 Å². The summed E-state index contributed by atoms with van der Waals surface area (Å²) < 4.78 is 6.04. The van der Waals surface area contributed by atoms with Crippen molar-refractivity contribution in [3.05, 3.63) is 105 Å². The molecule has 0 aliphatic carbocycles. The van der Waals surface area contributed by atoms with Gasteiger partial charge in [-0.2, -0.15) is 0 Å². The van der Waals surface area contributed by atoms with Gasteiger partial charge in [0.05, 0.1) is 16.6 Å². The van der Waals surface area contributed by atoms with Gasteiger partial charge < -0.3 is 10.2 Å². The van der Waals surface area contributed by atoms with E-state index >= 15 is 0 Å². The van der Waals surface area contributed by atoms with Crippen LogP contribution in [0.5, 0.6) is 0 Å². The highest BCUT2D eigenvalue weighted by molar-refractivity contribution is 6.32. The van der Waals surface area contributed by atoms with Crippen molar-refractivity contribution < 1.29 is 4.42 Å². The van der Waals surface area contributed by atoms with E-state index in [2.05, 4.69) is 6.07 Å². The van der Waals surface area contributed by atoms with E-state index in [0.717, 1.165) is 35.4 Å². The van der Waals surface area contributed by atoms with E-state index in [1.54, 1.807) is 0 Å². The fourth-order valence-electron chi connectivity index (χ4n) is 3.98. The molecule has 0 atom stereocenters. The smallest absolute Gasteiger partial charge is 0.193 e. The number of fused-ring (bicyclic) bond motifs is 2. The first-order chi connectivity index (χ1) is 16.0. The fraction of sp³-hybridized carbons (Fsp3) is 0.0741. The summed E-state index contributed by atoms with van der Waals surface area (Å²) in [6.07, 6.45) is 5.91. The molecule has 0 amide bonds. The van der Waals surface area contributed by atoms with Gasteiger partial charge >= 0.3 is 0 Å². The molecule has 5 nitrogen and oxygen atoms in total. The van der Waals surface area contributed by atoms with Gasteiger partial charge in [0.2, 0.25) is 0 Å². The van der Waals surface area contributed by atoms with Gasteiger partial charge in [-0.05, 0) is 54.3 Å². The van der Waals surface area contributed by atoms with Gasteiger partial charge in [-0.1, -0.05) is 54.1 Å². The lowest BCUT2D eigenvalue weighted by molar-refractivity contribution is 0.618. The minimum Gasteiger partial charge on any atom is -0.455 e. The Morgan fingerprint density at radius 1 is 1.03 bits per heavy atom. The normalized spacial score (nSPS) is 13.2. The Hall–Kier alpha value is -3.96. The average Bonchev–Trinajstić information content (AvgIpc) is 2.82. The third-order valence-electron chi connectivity index (χ3n) is 5.63. The summed E-state index contributed by atoms with van der Waals surface area (Å²) >= 11 is 6.09. The van der Waals surface area contributed by atoms with E-state index in [1.165, 1.54) is 23.8 Å². The standard InChI is InChI=1S/C27H20ClN3O2/c28-19-13-21-24(32)15-25(33-26(21)22(14-19)27(29)30)18-6-3-4-16(12-18)8-10-20-11-9-17-5-1-2-7-23(17)31-20/h1-8,10,12-15H,9,11H2,(H3,29,30)/b10-8+. The number of aliphatic imine (C=N–C) groups is 1. The molecule has 33 heavy (non-hydrogen) atoms. The fourth-order valence-corrected chi connectivity index (χ4v) is 4.20. The minimum atomic E-state index is -0.243. The molecule has 0 bridgehead atoms. The Balaban J connectivity index is 1.51. The van der Waals surface area contributed by atoms with Crippen molar-refractivity contribution in [2.75, 3.05) is 0 Å². The van der Waals surface area contributed by atoms with Gasteiger partial charge in [-0.15, -0.1) is 0 Å². The molecule has 0 spiro atoms. The zero-order valence-corrected chi connectivity index (χ0v) is 18.4. The third-order valence-corrected chi connectivity index (χ3v) is 5.85. The number of hydrogen-bond acceptors (Lipinski definition) is 4. The average molecular weight is 454 g/mol. The van der Waals surface area contributed by atoms with Crippen molar-refractivity contribution in [2.24, 2.45) is 10.7 Å². The molecule has 4 aromatic rings. The van der Waals surface area contributed by atoms with Crippen LogP contribution in [0.15, 0.2) is 87.0 Å². The highest BCUT2D eigenvalue weighted by Crippen LogP contribution is 2.28. The van der Waals surface area contributed by atoms with Crippen molar-refractivity contribution in [3.63, 3.8) is 0 Å². The first-order valence-electron chi connectivity index (χ1n) is 10.5. The number of nitrogen functional groups attached to an aromatic ring is 1. The number of hydrogen-bond donors (Lipinski definition) is 2. The SMILES string of the molecule is N=C(N)c1cc(Cl)cc2c(=O)cc(-c3cccc(/C=C/C4=Nc5ccccc5CC4)c3)oc12. The topological polar surface area (TPSA) is 92.4 Å². The van der Waals surface area contributed by atoms with E-state index in [0.29, 0.717) is 21.7 Å². The number of nitrogens with one attached hydrogen (secondary N) is 1. The quantitative estimate of drug-likeness (QED) is 0.287. The van der Waals surface area contributed by atoms with Crippen molar-refractivity contribution in [2.45, 2.75) is 12.8 Å². The summed E-state index contributed by atoms with van der Waals surface area (Å²) in [5.74, 6) is 0.186. The van der Waals surface area contributed by atoms with E-state index in [9.17, 15) is 4.79 Å². The van der Waals surface area contributed by atoms with Crippen LogP contribution >= 0.6 is 11.6 Å². The third kappa shape index (κ3) is 4.23. The van der Waals surface area contributed by atoms with Gasteiger partial charge in [0, 0.05) is 22.4 Å². The van der Waals surface area contributed by atoms with Crippen LogP contribution < -0.4 is 11.2 Å². The Morgan fingerprint density at radius 3 is 2.73 bits per heavy atom. The van der Waals surface area contributed by atoms with Crippen molar-refractivity contribution in [1.29, 1.82) is 5.41 Å². The van der Waals surface area contributed by atoms with Gasteiger partial charge in [-0.3, -0.25) is 15.2 Å². The highest BCUT2D eigenvalue weighted by Gasteiger charge is 2.14. The molecule has 0 saturated heterocycles. The molecule has 5 rings (SSSR count). The summed E-state index contributed by atoms with van der Waals surface area (Å²) in [6.45, 7) is 0. The maximum atomic E-state index is 12.8. The summed E-state index contributed by atoms with van der Waals surface area (Å²) in [5, 5.41) is 8.45. The number of aryl methyl sites for hydroxylation is 1. The molecule has 1 aliphatic rings. The predicted octanol–water partition coefficient (Wildman–Crippen LogP) is 6.13. The molecular formula is C27H20ClN3O2. The lowest BCUT2D eigenvalue weighted by Crippen LogP contribution is -2.13. The largest absolute Gasteiger partial charge is 0.455 e. The van der Waals surface area contributed by atoms with Crippen LogP contribution in [0.1, 0.15) is 23.1 Å². The number of rotatable bonds is 4. The van der Waals surface area contributed by atoms with Crippen molar-refractivity contribution in [3.8, 4) is 11.3 Å². The summed E-state index contributed by atoms with van der Waals surface area (Å²) in [4.78, 5) is 17.5. The molecule has 1 aliphatic heterocycles. The van der Waals surface area contributed by atoms with Crippen LogP contribution in [0.2, 0.25) is 5.02 Å². The van der Waals surface area contributed by atoms with E-state index < -0.39 is 0 Å². The monoisotopic (exact) mass is 453 g/mol.